The van der Waals surface area contributed by atoms with Gasteiger partial charge in [0.2, 0.25) is 0 Å². The van der Waals surface area contributed by atoms with E-state index in [1.54, 1.807) is 13.2 Å². The first-order chi connectivity index (χ1) is 15.5. The number of carbonyl (C=O) groups excluding carboxylic acids is 1. The number of amides is 1. The predicted molar refractivity (Wildman–Crippen MR) is 120 cm³/mol. The highest BCUT2D eigenvalue weighted by Crippen LogP contribution is 2.30. The number of ether oxygens (including phenoxy) is 2. The van der Waals surface area contributed by atoms with Gasteiger partial charge in [-0.05, 0) is 51.7 Å². The van der Waals surface area contributed by atoms with Crippen molar-refractivity contribution in [3.63, 3.8) is 0 Å². The largest absolute Gasteiger partial charge is 0.493 e. The Bertz CT molecular complexity index is 1090. The summed E-state index contributed by atoms with van der Waals surface area (Å²) in [7, 11) is 1.64. The molecule has 0 N–H and O–H groups in total. The quantitative estimate of drug-likeness (QED) is 0.526. The third-order valence-corrected chi connectivity index (χ3v) is 6.08. The molecular weight excluding hydrogens is 408 g/mol. The van der Waals surface area contributed by atoms with E-state index in [-0.39, 0.29) is 5.91 Å². The molecule has 4 rings (SSSR count). The molecule has 1 fully saturated rings. The van der Waals surface area contributed by atoms with Crippen molar-refractivity contribution in [2.75, 3.05) is 26.8 Å². The Balaban J connectivity index is 1.34. The van der Waals surface area contributed by atoms with Crippen LogP contribution < -0.4 is 9.47 Å². The molecule has 0 aliphatic carbocycles. The number of benzene rings is 1. The van der Waals surface area contributed by atoms with Crippen LogP contribution in [0.2, 0.25) is 0 Å². The molecule has 1 atom stereocenters. The van der Waals surface area contributed by atoms with E-state index in [1.165, 1.54) is 0 Å². The van der Waals surface area contributed by atoms with E-state index >= 15 is 0 Å². The second-order valence-corrected chi connectivity index (χ2v) is 8.13. The summed E-state index contributed by atoms with van der Waals surface area (Å²) in [5, 5.41) is 8.58. The van der Waals surface area contributed by atoms with Gasteiger partial charge in [0.05, 0.1) is 25.0 Å². The van der Waals surface area contributed by atoms with E-state index in [4.69, 9.17) is 14.0 Å². The van der Waals surface area contributed by atoms with Crippen molar-refractivity contribution < 1.29 is 18.8 Å². The van der Waals surface area contributed by atoms with Crippen LogP contribution in [0.4, 0.5) is 0 Å². The molecule has 0 bridgehead atoms. The molecule has 1 unspecified atom stereocenters. The number of rotatable bonds is 8. The van der Waals surface area contributed by atoms with Gasteiger partial charge in [0.15, 0.2) is 23.0 Å². The lowest BCUT2D eigenvalue weighted by Gasteiger charge is -2.15. The van der Waals surface area contributed by atoms with Crippen LogP contribution in [0.5, 0.6) is 11.5 Å². The van der Waals surface area contributed by atoms with Crippen molar-refractivity contribution in [2.45, 2.75) is 40.2 Å². The fourth-order valence-electron chi connectivity index (χ4n) is 4.34. The summed E-state index contributed by atoms with van der Waals surface area (Å²) >= 11 is 0. The number of aryl methyl sites for hydroxylation is 2. The molecule has 170 valence electrons. The number of likely N-dealkylation sites (tertiary alicyclic amines) is 1. The highest BCUT2D eigenvalue weighted by molar-refractivity contribution is 5.93. The van der Waals surface area contributed by atoms with Crippen molar-refractivity contribution in [1.29, 1.82) is 0 Å². The Morgan fingerprint density at radius 3 is 2.75 bits per heavy atom. The molecule has 3 heterocycles. The molecular formula is C24H30N4O4. The summed E-state index contributed by atoms with van der Waals surface area (Å²) < 4.78 is 18.7. The standard InChI is InChI=1S/C24H30N4O4/c1-5-28-17(3)23(16(2)25-28)22-14-19(26-32-22)24(29)27-12-10-18(15-27)11-13-31-21-9-7-6-8-20(21)30-4/h6-9,14,18H,5,10-13,15H2,1-4H3. The second-order valence-electron chi connectivity index (χ2n) is 8.13. The molecule has 8 heteroatoms. The van der Waals surface area contributed by atoms with E-state index < -0.39 is 0 Å². The SMILES string of the molecule is CCn1nc(C)c(-c2cc(C(=O)N3CCC(CCOc4ccccc4OC)C3)no2)c1C. The molecule has 0 spiro atoms. The minimum Gasteiger partial charge on any atom is -0.493 e. The lowest BCUT2D eigenvalue weighted by molar-refractivity contribution is 0.0775. The minimum absolute atomic E-state index is 0.0914. The van der Waals surface area contributed by atoms with E-state index in [1.807, 2.05) is 54.6 Å². The van der Waals surface area contributed by atoms with Crippen LogP contribution in [0.25, 0.3) is 11.3 Å². The first-order valence-corrected chi connectivity index (χ1v) is 11.1. The summed E-state index contributed by atoms with van der Waals surface area (Å²) in [4.78, 5) is 14.8. The highest BCUT2D eigenvalue weighted by atomic mass is 16.5. The van der Waals surface area contributed by atoms with Crippen molar-refractivity contribution >= 4 is 5.91 Å². The van der Waals surface area contributed by atoms with Gasteiger partial charge < -0.3 is 18.9 Å². The monoisotopic (exact) mass is 438 g/mol. The lowest BCUT2D eigenvalue weighted by atomic mass is 10.1. The Hall–Kier alpha value is -3.29. The van der Waals surface area contributed by atoms with E-state index in [2.05, 4.69) is 10.3 Å². The van der Waals surface area contributed by atoms with Gasteiger partial charge in [0.25, 0.3) is 5.91 Å². The smallest absolute Gasteiger partial charge is 0.276 e. The van der Waals surface area contributed by atoms with E-state index in [0.29, 0.717) is 37.1 Å². The molecule has 3 aromatic rings. The lowest BCUT2D eigenvalue weighted by Crippen LogP contribution is -2.29. The maximum atomic E-state index is 13.0. The number of carbonyl (C=O) groups is 1. The molecule has 1 aliphatic rings. The van der Waals surface area contributed by atoms with Crippen LogP contribution in [0, 0.1) is 19.8 Å². The third kappa shape index (κ3) is 4.35. The topological polar surface area (TPSA) is 82.6 Å². The molecule has 0 radical (unpaired) electrons. The van der Waals surface area contributed by atoms with Crippen molar-refractivity contribution in [2.24, 2.45) is 5.92 Å². The third-order valence-electron chi connectivity index (χ3n) is 6.08. The van der Waals surface area contributed by atoms with Crippen LogP contribution in [0.3, 0.4) is 0 Å². The number of methoxy groups -OCH3 is 1. The van der Waals surface area contributed by atoms with Crippen LogP contribution in [-0.2, 0) is 6.54 Å². The van der Waals surface area contributed by atoms with Crippen molar-refractivity contribution in [3.05, 3.63) is 47.4 Å². The highest BCUT2D eigenvalue weighted by Gasteiger charge is 2.29. The van der Waals surface area contributed by atoms with Crippen LogP contribution in [0.1, 0.15) is 41.6 Å². The molecule has 32 heavy (non-hydrogen) atoms. The number of para-hydroxylation sites is 2. The number of hydrogen-bond donors (Lipinski definition) is 0. The van der Waals surface area contributed by atoms with Gasteiger partial charge in [-0.1, -0.05) is 17.3 Å². The van der Waals surface area contributed by atoms with Crippen molar-refractivity contribution in [3.8, 4) is 22.8 Å². The zero-order valence-corrected chi connectivity index (χ0v) is 19.1. The van der Waals surface area contributed by atoms with Gasteiger partial charge in [-0.25, -0.2) is 0 Å². The average Bonchev–Trinajstić information content (AvgIpc) is 3.53. The van der Waals surface area contributed by atoms with Gasteiger partial charge in [0, 0.05) is 31.4 Å². The summed E-state index contributed by atoms with van der Waals surface area (Å²) in [5.41, 5.74) is 3.13. The Labute approximate surface area is 188 Å². The zero-order valence-electron chi connectivity index (χ0n) is 19.1. The van der Waals surface area contributed by atoms with Gasteiger partial charge >= 0.3 is 0 Å². The predicted octanol–water partition coefficient (Wildman–Crippen LogP) is 4.11. The molecule has 2 aromatic heterocycles. The van der Waals surface area contributed by atoms with Crippen LogP contribution in [-0.4, -0.2) is 52.6 Å². The maximum Gasteiger partial charge on any atom is 0.276 e. The molecule has 0 saturated carbocycles. The fourth-order valence-corrected chi connectivity index (χ4v) is 4.34. The molecule has 1 aliphatic heterocycles. The average molecular weight is 439 g/mol. The van der Waals surface area contributed by atoms with Crippen molar-refractivity contribution in [1.82, 2.24) is 19.8 Å². The molecule has 8 nitrogen and oxygen atoms in total. The number of hydrogen-bond acceptors (Lipinski definition) is 6. The van der Waals surface area contributed by atoms with Crippen LogP contribution in [0.15, 0.2) is 34.9 Å². The fraction of sp³-hybridized carbons (Fsp3) is 0.458. The van der Waals surface area contributed by atoms with Crippen LogP contribution >= 0.6 is 0 Å². The Kier molecular flexibility index (Phi) is 6.48. The zero-order chi connectivity index (χ0) is 22.7. The van der Waals surface area contributed by atoms with Gasteiger partial charge in [0.1, 0.15) is 0 Å². The first kappa shape index (κ1) is 21.9. The second kappa shape index (κ2) is 9.46. The van der Waals surface area contributed by atoms with E-state index in [9.17, 15) is 4.79 Å². The Morgan fingerprint density at radius 1 is 1.25 bits per heavy atom. The maximum absolute atomic E-state index is 13.0. The number of aromatic nitrogens is 3. The Morgan fingerprint density at radius 2 is 2.03 bits per heavy atom. The summed E-state index contributed by atoms with van der Waals surface area (Å²) in [6, 6.07) is 9.36. The van der Waals surface area contributed by atoms with Gasteiger partial charge in [-0.2, -0.15) is 5.10 Å². The summed E-state index contributed by atoms with van der Waals surface area (Å²) in [5.74, 6) is 2.36. The minimum atomic E-state index is -0.0914. The van der Waals surface area contributed by atoms with E-state index in [0.717, 1.165) is 47.8 Å². The summed E-state index contributed by atoms with van der Waals surface area (Å²) in [6.45, 7) is 8.76. The number of nitrogens with zero attached hydrogens (tertiary/aromatic N) is 4. The first-order valence-electron chi connectivity index (χ1n) is 11.1. The van der Waals surface area contributed by atoms with Gasteiger partial charge in [-0.15, -0.1) is 0 Å². The summed E-state index contributed by atoms with van der Waals surface area (Å²) in [6.07, 6.45) is 1.83. The van der Waals surface area contributed by atoms with Gasteiger partial charge in [-0.3, -0.25) is 9.48 Å². The molecule has 1 aromatic carbocycles. The molecule has 1 saturated heterocycles. The normalized spacial score (nSPS) is 15.9. The molecule has 1 amide bonds.